The fourth-order valence-electron chi connectivity index (χ4n) is 3.46. The SMILES string of the molecule is CCNC(=O)COc1ccc(/C=C(/Cl)c2nc3sc(C)c(-c4ccccc4)c3c(=O)[nH]2)cc1. The van der Waals surface area contributed by atoms with Crippen LogP contribution in [0.2, 0.25) is 0 Å². The van der Waals surface area contributed by atoms with Crippen molar-refractivity contribution >= 4 is 50.2 Å². The van der Waals surface area contributed by atoms with Crippen molar-refractivity contribution in [3.8, 4) is 16.9 Å². The molecule has 1 amide bonds. The van der Waals surface area contributed by atoms with Gasteiger partial charge >= 0.3 is 0 Å². The lowest BCUT2D eigenvalue weighted by molar-refractivity contribution is -0.122. The van der Waals surface area contributed by atoms with Crippen LogP contribution in [0, 0.1) is 6.92 Å². The number of amides is 1. The van der Waals surface area contributed by atoms with Crippen molar-refractivity contribution in [2.45, 2.75) is 13.8 Å². The lowest BCUT2D eigenvalue weighted by Gasteiger charge is -2.06. The first-order chi connectivity index (χ1) is 16.0. The number of aromatic nitrogens is 2. The van der Waals surface area contributed by atoms with Gasteiger partial charge in [0.2, 0.25) is 0 Å². The number of carbonyl (C=O) groups is 1. The molecule has 4 rings (SSSR count). The fourth-order valence-corrected chi connectivity index (χ4v) is 4.72. The molecule has 0 spiro atoms. The Morgan fingerprint density at radius 2 is 1.91 bits per heavy atom. The van der Waals surface area contributed by atoms with E-state index in [1.165, 1.54) is 11.3 Å². The van der Waals surface area contributed by atoms with E-state index < -0.39 is 0 Å². The topological polar surface area (TPSA) is 84.1 Å². The number of fused-ring (bicyclic) bond motifs is 1. The second kappa shape index (κ2) is 10.0. The molecular weight excluding hydrogens is 458 g/mol. The zero-order valence-electron chi connectivity index (χ0n) is 18.1. The second-order valence-electron chi connectivity index (χ2n) is 7.30. The Morgan fingerprint density at radius 3 is 2.61 bits per heavy atom. The smallest absolute Gasteiger partial charge is 0.260 e. The maximum Gasteiger partial charge on any atom is 0.260 e. The van der Waals surface area contributed by atoms with Crippen LogP contribution in [-0.4, -0.2) is 29.0 Å². The molecule has 0 aliphatic carbocycles. The third-order valence-electron chi connectivity index (χ3n) is 4.94. The molecule has 0 atom stereocenters. The van der Waals surface area contributed by atoms with Crippen molar-refractivity contribution in [3.05, 3.63) is 81.2 Å². The van der Waals surface area contributed by atoms with Crippen LogP contribution in [0.25, 0.3) is 32.5 Å². The number of hydrogen-bond donors (Lipinski definition) is 2. The van der Waals surface area contributed by atoms with Crippen molar-refractivity contribution in [1.82, 2.24) is 15.3 Å². The first-order valence-electron chi connectivity index (χ1n) is 10.4. The Labute approximate surface area is 199 Å². The van der Waals surface area contributed by atoms with E-state index in [0.717, 1.165) is 21.6 Å². The third kappa shape index (κ3) is 5.16. The minimum absolute atomic E-state index is 0.0415. The number of aryl methyl sites for hydroxylation is 1. The van der Waals surface area contributed by atoms with Gasteiger partial charge in [-0.3, -0.25) is 9.59 Å². The number of thiophene rings is 1. The summed E-state index contributed by atoms with van der Waals surface area (Å²) >= 11 is 7.98. The number of benzene rings is 2. The van der Waals surface area contributed by atoms with Crippen LogP contribution in [0.1, 0.15) is 23.2 Å². The summed E-state index contributed by atoms with van der Waals surface area (Å²) in [5.74, 6) is 0.714. The van der Waals surface area contributed by atoms with Gasteiger partial charge in [-0.25, -0.2) is 4.98 Å². The van der Waals surface area contributed by atoms with Crippen LogP contribution >= 0.6 is 22.9 Å². The average molecular weight is 480 g/mol. The highest BCUT2D eigenvalue weighted by Crippen LogP contribution is 2.36. The summed E-state index contributed by atoms with van der Waals surface area (Å²) in [7, 11) is 0. The number of aromatic amines is 1. The van der Waals surface area contributed by atoms with Crippen molar-refractivity contribution < 1.29 is 9.53 Å². The average Bonchev–Trinajstić information content (AvgIpc) is 3.15. The van der Waals surface area contributed by atoms with Crippen molar-refractivity contribution in [3.63, 3.8) is 0 Å². The summed E-state index contributed by atoms with van der Waals surface area (Å²) in [6, 6.07) is 16.9. The first-order valence-corrected chi connectivity index (χ1v) is 11.6. The second-order valence-corrected chi connectivity index (χ2v) is 8.91. The third-order valence-corrected chi connectivity index (χ3v) is 6.23. The lowest BCUT2D eigenvalue weighted by Crippen LogP contribution is -2.28. The van der Waals surface area contributed by atoms with Gasteiger partial charge in [-0.1, -0.05) is 54.1 Å². The summed E-state index contributed by atoms with van der Waals surface area (Å²) in [6.07, 6.45) is 1.72. The molecule has 2 heterocycles. The Balaban J connectivity index is 1.59. The normalized spacial score (nSPS) is 11.5. The van der Waals surface area contributed by atoms with Gasteiger partial charge in [0.25, 0.3) is 11.5 Å². The maximum atomic E-state index is 13.0. The van der Waals surface area contributed by atoms with Crippen LogP contribution in [0.5, 0.6) is 5.75 Å². The number of halogens is 1. The van der Waals surface area contributed by atoms with Crippen molar-refractivity contribution in [1.29, 1.82) is 0 Å². The summed E-state index contributed by atoms with van der Waals surface area (Å²) in [5.41, 5.74) is 2.47. The van der Waals surface area contributed by atoms with Gasteiger partial charge in [0.1, 0.15) is 10.6 Å². The number of hydrogen-bond acceptors (Lipinski definition) is 5. The van der Waals surface area contributed by atoms with E-state index in [1.807, 2.05) is 56.3 Å². The predicted octanol–water partition coefficient (Wildman–Crippen LogP) is 5.21. The largest absolute Gasteiger partial charge is 0.484 e. The van der Waals surface area contributed by atoms with E-state index in [2.05, 4.69) is 15.3 Å². The molecule has 8 heteroatoms. The minimum Gasteiger partial charge on any atom is -0.484 e. The number of rotatable bonds is 7. The van der Waals surface area contributed by atoms with Crippen molar-refractivity contribution in [2.75, 3.05) is 13.2 Å². The highest BCUT2D eigenvalue weighted by atomic mass is 35.5. The van der Waals surface area contributed by atoms with E-state index in [9.17, 15) is 9.59 Å². The maximum absolute atomic E-state index is 13.0. The van der Waals surface area contributed by atoms with Gasteiger partial charge in [0.15, 0.2) is 12.4 Å². The molecule has 2 aromatic carbocycles. The Kier molecular flexibility index (Phi) is 6.91. The molecule has 0 saturated heterocycles. The van der Waals surface area contributed by atoms with Crippen LogP contribution in [0.15, 0.2) is 59.4 Å². The van der Waals surface area contributed by atoms with Gasteiger partial charge in [-0.2, -0.15) is 0 Å². The predicted molar refractivity (Wildman–Crippen MR) is 135 cm³/mol. The van der Waals surface area contributed by atoms with Crippen molar-refractivity contribution in [2.24, 2.45) is 0 Å². The zero-order chi connectivity index (χ0) is 23.4. The summed E-state index contributed by atoms with van der Waals surface area (Å²) in [4.78, 5) is 33.6. The standard InChI is InChI=1S/C25H22ClN3O3S/c1-3-27-20(30)14-32-18-11-9-16(10-12-18)13-19(26)23-28-24(31)22-21(15(2)33-25(22)29-23)17-7-5-4-6-8-17/h4-13H,3,14H2,1-2H3,(H,27,30)(H,28,29,31)/b19-13+. The molecule has 2 aromatic heterocycles. The number of carbonyl (C=O) groups excluding carboxylic acids is 1. The molecule has 4 aromatic rings. The zero-order valence-corrected chi connectivity index (χ0v) is 19.7. The lowest BCUT2D eigenvalue weighted by atomic mass is 10.0. The molecule has 0 fully saturated rings. The Bertz CT molecular complexity index is 1380. The molecule has 0 bridgehead atoms. The molecule has 0 aliphatic heterocycles. The Morgan fingerprint density at radius 1 is 1.18 bits per heavy atom. The van der Waals surface area contributed by atoms with Crippen LogP contribution in [0.3, 0.4) is 0 Å². The van der Waals surface area contributed by atoms with E-state index in [1.54, 1.807) is 18.2 Å². The van der Waals surface area contributed by atoms with Gasteiger partial charge < -0.3 is 15.0 Å². The highest BCUT2D eigenvalue weighted by molar-refractivity contribution is 7.19. The minimum atomic E-state index is -0.223. The summed E-state index contributed by atoms with van der Waals surface area (Å²) < 4.78 is 5.45. The molecule has 0 radical (unpaired) electrons. The summed E-state index contributed by atoms with van der Waals surface area (Å²) in [6.45, 7) is 4.36. The van der Waals surface area contributed by atoms with E-state index in [4.69, 9.17) is 16.3 Å². The van der Waals surface area contributed by atoms with Gasteiger partial charge in [-0.15, -0.1) is 11.3 Å². The molecule has 168 valence electrons. The van der Waals surface area contributed by atoms with Gasteiger partial charge in [0, 0.05) is 17.0 Å². The van der Waals surface area contributed by atoms with Crippen LogP contribution in [-0.2, 0) is 4.79 Å². The number of ether oxygens (including phenoxy) is 1. The number of H-pyrrole nitrogens is 1. The fraction of sp³-hybridized carbons (Fsp3) is 0.160. The highest BCUT2D eigenvalue weighted by Gasteiger charge is 2.17. The van der Waals surface area contributed by atoms with Gasteiger partial charge in [-0.05, 0) is 43.2 Å². The quantitative estimate of drug-likeness (QED) is 0.381. The number of likely N-dealkylation sites (N-methyl/N-ethyl adjacent to an activating group) is 1. The van der Waals surface area contributed by atoms with E-state index in [0.29, 0.717) is 33.4 Å². The van der Waals surface area contributed by atoms with E-state index in [-0.39, 0.29) is 18.1 Å². The number of nitrogens with zero attached hydrogens (tertiary/aromatic N) is 1. The molecule has 6 nitrogen and oxygen atoms in total. The number of nitrogens with one attached hydrogen (secondary N) is 2. The molecule has 2 N–H and O–H groups in total. The molecule has 33 heavy (non-hydrogen) atoms. The molecule has 0 aliphatic rings. The van der Waals surface area contributed by atoms with Gasteiger partial charge in [0.05, 0.1) is 10.4 Å². The molecule has 0 saturated carbocycles. The van der Waals surface area contributed by atoms with Crippen LogP contribution in [0.4, 0.5) is 0 Å². The monoisotopic (exact) mass is 479 g/mol. The molecular formula is C25H22ClN3O3S. The Hall–Kier alpha value is -3.42. The van der Waals surface area contributed by atoms with E-state index >= 15 is 0 Å². The molecule has 0 unspecified atom stereocenters. The summed E-state index contributed by atoms with van der Waals surface area (Å²) in [5, 5.41) is 3.57. The van der Waals surface area contributed by atoms with Crippen LogP contribution < -0.4 is 15.6 Å². The first kappa shape index (κ1) is 22.8.